The quantitative estimate of drug-likeness (QED) is 0.389. The summed E-state index contributed by atoms with van der Waals surface area (Å²) >= 11 is 1.69. The first-order valence-electron chi connectivity index (χ1n) is 11.9. The smallest absolute Gasteiger partial charge is 0.231 e. The Kier molecular flexibility index (Phi) is 6.48. The number of aliphatic imine (C=N–C) groups is 1. The van der Waals surface area contributed by atoms with Gasteiger partial charge < -0.3 is 10.6 Å². The first-order chi connectivity index (χ1) is 17.1. The Balaban J connectivity index is 0.00000304. The number of nitrogens with one attached hydrogen (secondary N) is 2. The molecular weight excluding hydrogens is 457 g/mol. The number of carbonyl (C=O) groups excluding carboxylic acids is 1. The summed E-state index contributed by atoms with van der Waals surface area (Å²) in [6, 6.07) is 14.8. The van der Waals surface area contributed by atoms with Crippen molar-refractivity contribution >= 4 is 23.4 Å². The molecule has 2 N–H and O–H groups in total. The molecule has 5 rings (SSSR count). The van der Waals surface area contributed by atoms with Crippen molar-refractivity contribution in [1.29, 1.82) is 0 Å². The van der Waals surface area contributed by atoms with Crippen LogP contribution in [0.4, 0.5) is 4.39 Å². The largest absolute Gasteiger partial charge is 0.394 e. The fourth-order valence-corrected chi connectivity index (χ4v) is 5.92. The Labute approximate surface area is 211 Å². The fourth-order valence-electron chi connectivity index (χ4n) is 4.76. The Hall–Kier alpha value is -3.38. The number of hydrogen-bond acceptors (Lipinski definition) is 4. The van der Waals surface area contributed by atoms with Crippen molar-refractivity contribution in [1.82, 2.24) is 10.6 Å². The van der Waals surface area contributed by atoms with Gasteiger partial charge in [0.25, 0.3) is 0 Å². The molecule has 0 saturated heterocycles. The van der Waals surface area contributed by atoms with Crippen LogP contribution in [0.15, 0.2) is 105 Å². The lowest BCUT2D eigenvalue weighted by atomic mass is 9.99. The predicted molar refractivity (Wildman–Crippen MR) is 143 cm³/mol. The van der Waals surface area contributed by atoms with E-state index in [-0.39, 0.29) is 19.1 Å². The van der Waals surface area contributed by atoms with Gasteiger partial charge in [-0.25, -0.2) is 4.39 Å². The molecule has 180 valence electrons. The second-order valence-corrected chi connectivity index (χ2v) is 10.1. The molecule has 1 saturated carbocycles. The van der Waals surface area contributed by atoms with Gasteiger partial charge in [0, 0.05) is 41.9 Å². The summed E-state index contributed by atoms with van der Waals surface area (Å²) in [7, 11) is 1.84. The molecular formula is C29H30FN3OS. The van der Waals surface area contributed by atoms with Crippen molar-refractivity contribution in [3.63, 3.8) is 0 Å². The van der Waals surface area contributed by atoms with Crippen LogP contribution in [0.1, 0.15) is 32.3 Å². The van der Waals surface area contributed by atoms with Gasteiger partial charge in [-0.15, -0.1) is 0 Å². The topological polar surface area (TPSA) is 53.5 Å². The third kappa shape index (κ3) is 4.39. The Morgan fingerprint density at radius 1 is 1.23 bits per heavy atom. The third-order valence-corrected chi connectivity index (χ3v) is 7.98. The maximum Gasteiger partial charge on any atom is 0.231 e. The van der Waals surface area contributed by atoms with E-state index in [9.17, 15) is 9.18 Å². The normalized spacial score (nSPS) is 23.0. The SMILES string of the molecule is C/C=C(\C=C/NC)CNC(=O)C12C=CCC3=C(N=C(c4ccccc4F)c4ccccc4S3)C1C2.[HH]. The summed E-state index contributed by atoms with van der Waals surface area (Å²) in [4.78, 5) is 20.7. The lowest BCUT2D eigenvalue weighted by molar-refractivity contribution is -0.124. The molecule has 6 heteroatoms. The van der Waals surface area contributed by atoms with Crippen LogP contribution in [0.5, 0.6) is 0 Å². The minimum absolute atomic E-state index is 0. The van der Waals surface area contributed by atoms with E-state index in [4.69, 9.17) is 4.99 Å². The Morgan fingerprint density at radius 2 is 2.00 bits per heavy atom. The number of carbonyl (C=O) groups is 1. The van der Waals surface area contributed by atoms with Crippen LogP contribution in [-0.4, -0.2) is 25.2 Å². The zero-order valence-corrected chi connectivity index (χ0v) is 20.7. The summed E-state index contributed by atoms with van der Waals surface area (Å²) in [5, 5.41) is 6.11. The highest BCUT2D eigenvalue weighted by Gasteiger charge is 2.61. The van der Waals surface area contributed by atoms with Crippen molar-refractivity contribution in [2.45, 2.75) is 24.7 Å². The molecule has 2 atom stereocenters. The van der Waals surface area contributed by atoms with Gasteiger partial charge in [-0.3, -0.25) is 9.79 Å². The third-order valence-electron chi connectivity index (χ3n) is 6.79. The van der Waals surface area contributed by atoms with Gasteiger partial charge >= 0.3 is 0 Å². The molecule has 1 amide bonds. The number of thioether (sulfide) groups is 1. The van der Waals surface area contributed by atoms with E-state index in [1.807, 2.05) is 56.6 Å². The molecule has 1 fully saturated rings. The van der Waals surface area contributed by atoms with E-state index in [1.165, 1.54) is 6.07 Å². The Morgan fingerprint density at radius 3 is 2.77 bits per heavy atom. The summed E-state index contributed by atoms with van der Waals surface area (Å²) in [5.74, 6) is -0.309. The standard InChI is InChI=1S/C29H28FN3OS.H2/c1-3-19(14-16-31-2)18-32-28(34)29-15-8-13-25-27(22(29)17-29)33-26(20-9-4-6-11-23(20)30)21-10-5-7-12-24(21)35-25;/h3-12,14-16,22,31H,13,17-18H2,1-2H3,(H,32,34);1H/b16-14-,19-3+;. The number of halogens is 1. The van der Waals surface area contributed by atoms with Gasteiger partial charge in [0.2, 0.25) is 5.91 Å². The minimum Gasteiger partial charge on any atom is -0.394 e. The first-order valence-corrected chi connectivity index (χ1v) is 12.7. The van der Waals surface area contributed by atoms with E-state index in [1.54, 1.807) is 23.9 Å². The molecule has 0 spiro atoms. The van der Waals surface area contributed by atoms with Crippen LogP contribution >= 0.6 is 11.8 Å². The molecule has 0 bridgehead atoms. The molecule has 2 aromatic carbocycles. The predicted octanol–water partition coefficient (Wildman–Crippen LogP) is 5.99. The summed E-state index contributed by atoms with van der Waals surface area (Å²) in [6.45, 7) is 2.42. The highest BCUT2D eigenvalue weighted by atomic mass is 32.2. The fraction of sp³-hybridized carbons (Fsp3) is 0.241. The van der Waals surface area contributed by atoms with Crippen LogP contribution < -0.4 is 10.6 Å². The lowest BCUT2D eigenvalue weighted by Crippen LogP contribution is -2.33. The van der Waals surface area contributed by atoms with Gasteiger partial charge in [0.05, 0.1) is 16.8 Å². The van der Waals surface area contributed by atoms with Crippen LogP contribution in [0.25, 0.3) is 0 Å². The van der Waals surface area contributed by atoms with Crippen molar-refractivity contribution in [3.05, 3.63) is 112 Å². The number of nitrogens with zero attached hydrogens (tertiary/aromatic N) is 1. The second kappa shape index (κ2) is 9.70. The van der Waals surface area contributed by atoms with Crippen LogP contribution in [0.2, 0.25) is 0 Å². The lowest BCUT2D eigenvalue weighted by Gasteiger charge is -2.14. The van der Waals surface area contributed by atoms with E-state index in [2.05, 4.69) is 28.9 Å². The van der Waals surface area contributed by atoms with Gasteiger partial charge in [0.15, 0.2) is 0 Å². The average molecular weight is 488 g/mol. The molecule has 4 nitrogen and oxygen atoms in total. The summed E-state index contributed by atoms with van der Waals surface area (Å²) in [6.07, 6.45) is 11.4. The first kappa shape index (κ1) is 23.4. The van der Waals surface area contributed by atoms with E-state index < -0.39 is 5.41 Å². The molecule has 2 aliphatic carbocycles. The molecule has 2 unspecified atom stereocenters. The number of fused-ring (bicyclic) bond motifs is 3. The Bertz CT molecular complexity index is 1330. The van der Waals surface area contributed by atoms with Crippen molar-refractivity contribution in [3.8, 4) is 0 Å². The van der Waals surface area contributed by atoms with Crippen molar-refractivity contribution < 1.29 is 10.6 Å². The molecule has 0 radical (unpaired) electrons. The minimum atomic E-state index is -0.608. The highest BCUT2D eigenvalue weighted by molar-refractivity contribution is 8.03. The van der Waals surface area contributed by atoms with E-state index in [0.717, 1.165) is 26.6 Å². The second-order valence-electron chi connectivity index (χ2n) is 8.92. The van der Waals surface area contributed by atoms with E-state index in [0.29, 0.717) is 30.7 Å². The van der Waals surface area contributed by atoms with Crippen LogP contribution in [-0.2, 0) is 4.79 Å². The molecule has 1 heterocycles. The summed E-state index contributed by atoms with van der Waals surface area (Å²) in [5.41, 5.74) is 3.36. The number of rotatable bonds is 6. The maximum absolute atomic E-state index is 14.9. The average Bonchev–Trinajstić information content (AvgIpc) is 3.63. The van der Waals surface area contributed by atoms with E-state index >= 15 is 0 Å². The maximum atomic E-state index is 14.9. The number of amides is 1. The van der Waals surface area contributed by atoms with Crippen molar-refractivity contribution in [2.24, 2.45) is 16.3 Å². The van der Waals surface area contributed by atoms with Crippen LogP contribution in [0.3, 0.4) is 0 Å². The highest BCUT2D eigenvalue weighted by Crippen LogP contribution is 2.62. The van der Waals surface area contributed by atoms with Gasteiger partial charge in [0.1, 0.15) is 5.82 Å². The molecule has 0 aromatic heterocycles. The molecule has 1 aliphatic heterocycles. The number of benzene rings is 2. The van der Waals surface area contributed by atoms with Crippen LogP contribution in [0, 0.1) is 17.2 Å². The van der Waals surface area contributed by atoms with Gasteiger partial charge in [-0.1, -0.05) is 60.3 Å². The monoisotopic (exact) mass is 487 g/mol. The molecule has 3 aliphatic rings. The van der Waals surface area contributed by atoms with Gasteiger partial charge in [-0.2, -0.15) is 0 Å². The zero-order chi connectivity index (χ0) is 24.4. The molecule has 35 heavy (non-hydrogen) atoms. The number of allylic oxidation sites excluding steroid dienone is 4. The van der Waals surface area contributed by atoms with Crippen molar-refractivity contribution in [2.75, 3.05) is 13.6 Å². The van der Waals surface area contributed by atoms with Gasteiger partial charge in [-0.05, 0) is 55.8 Å². The zero-order valence-electron chi connectivity index (χ0n) is 19.8. The number of hydrogen-bond donors (Lipinski definition) is 2. The molecule has 2 aromatic rings. The summed E-state index contributed by atoms with van der Waals surface area (Å²) < 4.78 is 14.9.